The maximum Gasteiger partial charge on any atom is 0.210 e. The van der Waals surface area contributed by atoms with Gasteiger partial charge in [0.25, 0.3) is 0 Å². The zero-order chi connectivity index (χ0) is 13.1. The second-order valence-electron chi connectivity index (χ2n) is 4.44. The van der Waals surface area contributed by atoms with Crippen LogP contribution in [0.4, 0.5) is 0 Å². The molecular formula is C15H27NO. The second kappa shape index (κ2) is 10.1. The van der Waals surface area contributed by atoms with Gasteiger partial charge in [0.2, 0.25) is 6.41 Å². The van der Waals surface area contributed by atoms with Gasteiger partial charge in [-0.1, -0.05) is 51.7 Å². The SMILES string of the molecule is C=CC(CCCC)N(C=O)C(C=C)CCCC. The van der Waals surface area contributed by atoms with Gasteiger partial charge in [-0.2, -0.15) is 0 Å². The van der Waals surface area contributed by atoms with Crippen molar-refractivity contribution in [1.82, 2.24) is 4.90 Å². The molecule has 0 radical (unpaired) electrons. The summed E-state index contributed by atoms with van der Waals surface area (Å²) in [5, 5.41) is 0. The Kier molecular flexibility index (Phi) is 9.50. The van der Waals surface area contributed by atoms with Crippen molar-refractivity contribution in [2.45, 2.75) is 64.5 Å². The van der Waals surface area contributed by atoms with E-state index in [1.165, 1.54) is 0 Å². The van der Waals surface area contributed by atoms with Gasteiger partial charge in [0.05, 0.1) is 12.1 Å². The number of carbonyl (C=O) groups excluding carboxylic acids is 1. The van der Waals surface area contributed by atoms with Crippen LogP contribution in [-0.2, 0) is 4.79 Å². The van der Waals surface area contributed by atoms with Crippen LogP contribution in [0, 0.1) is 0 Å². The Bertz CT molecular complexity index is 205. The van der Waals surface area contributed by atoms with E-state index in [9.17, 15) is 4.79 Å². The first kappa shape index (κ1) is 16.0. The Morgan fingerprint density at radius 1 is 1.00 bits per heavy atom. The molecule has 98 valence electrons. The number of nitrogens with zero attached hydrogens (tertiary/aromatic N) is 1. The fourth-order valence-corrected chi connectivity index (χ4v) is 2.01. The molecule has 0 N–H and O–H groups in total. The van der Waals surface area contributed by atoms with Crippen molar-refractivity contribution < 1.29 is 4.79 Å². The van der Waals surface area contributed by atoms with E-state index in [-0.39, 0.29) is 12.1 Å². The number of hydrogen-bond acceptors (Lipinski definition) is 1. The van der Waals surface area contributed by atoms with E-state index in [4.69, 9.17) is 0 Å². The van der Waals surface area contributed by atoms with E-state index < -0.39 is 0 Å². The first-order valence-corrected chi connectivity index (χ1v) is 6.72. The maximum atomic E-state index is 11.3. The molecule has 2 atom stereocenters. The van der Waals surface area contributed by atoms with Crippen LogP contribution in [0.5, 0.6) is 0 Å². The van der Waals surface area contributed by atoms with E-state index in [1.807, 2.05) is 17.1 Å². The van der Waals surface area contributed by atoms with Crippen LogP contribution in [0.2, 0.25) is 0 Å². The molecule has 2 unspecified atom stereocenters. The van der Waals surface area contributed by atoms with Crippen LogP contribution in [0.15, 0.2) is 25.3 Å². The Morgan fingerprint density at radius 2 is 1.41 bits per heavy atom. The normalized spacial score (nSPS) is 13.8. The van der Waals surface area contributed by atoms with Gasteiger partial charge >= 0.3 is 0 Å². The quantitative estimate of drug-likeness (QED) is 0.394. The molecule has 0 spiro atoms. The average molecular weight is 237 g/mol. The Morgan fingerprint density at radius 3 is 1.65 bits per heavy atom. The third-order valence-corrected chi connectivity index (χ3v) is 3.14. The maximum absolute atomic E-state index is 11.3. The van der Waals surface area contributed by atoms with Crippen LogP contribution in [0.25, 0.3) is 0 Å². The summed E-state index contributed by atoms with van der Waals surface area (Å²) in [6.07, 6.45) is 11.2. The van der Waals surface area contributed by atoms with Crippen molar-refractivity contribution in [2.75, 3.05) is 0 Å². The summed E-state index contributed by atoms with van der Waals surface area (Å²) in [6.45, 7) is 12.0. The molecule has 1 amide bonds. The predicted molar refractivity (Wildman–Crippen MR) is 74.9 cm³/mol. The van der Waals surface area contributed by atoms with E-state index in [1.54, 1.807) is 0 Å². The fraction of sp³-hybridized carbons (Fsp3) is 0.667. The van der Waals surface area contributed by atoms with Gasteiger partial charge in [-0.05, 0) is 12.8 Å². The molecule has 0 aromatic heterocycles. The Labute approximate surface area is 106 Å². The van der Waals surface area contributed by atoms with Crippen LogP contribution >= 0.6 is 0 Å². The van der Waals surface area contributed by atoms with Crippen LogP contribution < -0.4 is 0 Å². The minimum Gasteiger partial charge on any atom is -0.332 e. The lowest BCUT2D eigenvalue weighted by Gasteiger charge is -2.32. The third-order valence-electron chi connectivity index (χ3n) is 3.14. The highest BCUT2D eigenvalue weighted by molar-refractivity contribution is 5.49. The van der Waals surface area contributed by atoms with Gasteiger partial charge in [0, 0.05) is 0 Å². The van der Waals surface area contributed by atoms with Crippen molar-refractivity contribution in [3.8, 4) is 0 Å². The highest BCUT2D eigenvalue weighted by Crippen LogP contribution is 2.16. The molecule has 0 saturated heterocycles. The van der Waals surface area contributed by atoms with Crippen molar-refractivity contribution in [2.24, 2.45) is 0 Å². The largest absolute Gasteiger partial charge is 0.332 e. The molecule has 2 nitrogen and oxygen atoms in total. The molecular weight excluding hydrogens is 210 g/mol. The Balaban J connectivity index is 4.54. The topological polar surface area (TPSA) is 20.3 Å². The molecule has 0 aromatic rings. The van der Waals surface area contributed by atoms with Gasteiger partial charge in [0.1, 0.15) is 0 Å². The van der Waals surface area contributed by atoms with Gasteiger partial charge in [-0.3, -0.25) is 4.79 Å². The molecule has 17 heavy (non-hydrogen) atoms. The van der Waals surface area contributed by atoms with Crippen molar-refractivity contribution in [1.29, 1.82) is 0 Å². The van der Waals surface area contributed by atoms with Gasteiger partial charge in [-0.25, -0.2) is 0 Å². The summed E-state index contributed by atoms with van der Waals surface area (Å²) in [5.41, 5.74) is 0. The molecule has 2 heteroatoms. The molecule has 0 heterocycles. The molecule has 0 aliphatic heterocycles. The summed E-state index contributed by atoms with van der Waals surface area (Å²) < 4.78 is 0. The first-order valence-electron chi connectivity index (χ1n) is 6.72. The number of hydrogen-bond donors (Lipinski definition) is 0. The molecule has 0 aliphatic rings. The van der Waals surface area contributed by atoms with E-state index in [2.05, 4.69) is 27.0 Å². The third kappa shape index (κ3) is 5.71. The molecule has 0 rings (SSSR count). The van der Waals surface area contributed by atoms with Crippen LogP contribution in [-0.4, -0.2) is 23.4 Å². The highest BCUT2D eigenvalue weighted by atomic mass is 16.1. The molecule has 0 aliphatic carbocycles. The lowest BCUT2D eigenvalue weighted by molar-refractivity contribution is -0.121. The minimum absolute atomic E-state index is 0.146. The fourth-order valence-electron chi connectivity index (χ4n) is 2.01. The first-order chi connectivity index (χ1) is 8.24. The number of carbonyl (C=O) groups is 1. The number of unbranched alkanes of at least 4 members (excludes halogenated alkanes) is 2. The Hall–Kier alpha value is -1.05. The van der Waals surface area contributed by atoms with Crippen molar-refractivity contribution in [3.63, 3.8) is 0 Å². The molecule has 0 aromatic carbocycles. The number of rotatable bonds is 11. The van der Waals surface area contributed by atoms with E-state index in [0.717, 1.165) is 44.9 Å². The lowest BCUT2D eigenvalue weighted by Crippen LogP contribution is -2.40. The zero-order valence-electron chi connectivity index (χ0n) is 11.4. The summed E-state index contributed by atoms with van der Waals surface area (Å²) in [7, 11) is 0. The van der Waals surface area contributed by atoms with E-state index in [0.29, 0.717) is 0 Å². The second-order valence-corrected chi connectivity index (χ2v) is 4.44. The summed E-state index contributed by atoms with van der Waals surface area (Å²) in [5.74, 6) is 0. The minimum atomic E-state index is 0.146. The van der Waals surface area contributed by atoms with Crippen LogP contribution in [0.1, 0.15) is 52.4 Å². The monoisotopic (exact) mass is 237 g/mol. The summed E-state index contributed by atoms with van der Waals surface area (Å²) in [6, 6.07) is 0.291. The highest BCUT2D eigenvalue weighted by Gasteiger charge is 2.19. The standard InChI is InChI=1S/C15H27NO/c1-5-9-11-14(7-3)16(13-17)15(8-4)12-10-6-2/h7-8,13-15H,3-6,9-12H2,1-2H3. The zero-order valence-corrected chi connectivity index (χ0v) is 11.4. The molecule has 0 fully saturated rings. The summed E-state index contributed by atoms with van der Waals surface area (Å²) in [4.78, 5) is 13.1. The van der Waals surface area contributed by atoms with Gasteiger partial charge < -0.3 is 4.90 Å². The molecule has 0 saturated carbocycles. The molecule has 0 bridgehead atoms. The average Bonchev–Trinajstić information content (AvgIpc) is 2.37. The van der Waals surface area contributed by atoms with Crippen LogP contribution in [0.3, 0.4) is 0 Å². The smallest absolute Gasteiger partial charge is 0.210 e. The van der Waals surface area contributed by atoms with Crippen molar-refractivity contribution >= 4 is 6.41 Å². The van der Waals surface area contributed by atoms with Crippen molar-refractivity contribution in [3.05, 3.63) is 25.3 Å². The van der Waals surface area contributed by atoms with Gasteiger partial charge in [-0.15, -0.1) is 13.2 Å². The number of amides is 1. The predicted octanol–water partition coefficient (Wildman–Crippen LogP) is 3.93. The lowest BCUT2D eigenvalue weighted by atomic mass is 10.0. The van der Waals surface area contributed by atoms with E-state index >= 15 is 0 Å². The summed E-state index contributed by atoms with van der Waals surface area (Å²) >= 11 is 0. The van der Waals surface area contributed by atoms with Gasteiger partial charge in [0.15, 0.2) is 0 Å².